The van der Waals surface area contributed by atoms with Crippen LogP contribution in [-0.2, 0) is 19.3 Å². The molecule has 0 unspecified atom stereocenters. The highest BCUT2D eigenvalue weighted by atomic mass is 14.3. The lowest BCUT2D eigenvalue weighted by atomic mass is 9.97. The number of allylic oxidation sites excluding steroid dienone is 2. The topological polar surface area (TPSA) is 0 Å². The second kappa shape index (κ2) is 3.52. The summed E-state index contributed by atoms with van der Waals surface area (Å²) in [5, 5.41) is 0. The Morgan fingerprint density at radius 1 is 0.750 bits per heavy atom. The van der Waals surface area contributed by atoms with Crippen molar-refractivity contribution in [2.75, 3.05) is 0 Å². The molecule has 5 rings (SSSR count). The molecule has 0 heterocycles. The predicted molar refractivity (Wildman–Crippen MR) is 84.8 cm³/mol. The Labute approximate surface area is 119 Å². The summed E-state index contributed by atoms with van der Waals surface area (Å²) in [6.07, 6.45) is 10.3. The molecule has 3 aliphatic rings. The molecule has 96 valence electrons. The first kappa shape index (κ1) is 10.7. The standard InChI is InChI=1S/C20H16/c1-12-5-15-8-18-9-17-7-13-3-2-4-14(13)10-19(17)20(18)11-16(15)6-12/h2,4,6-8,10-11H,3,5,9H2,1H3. The maximum Gasteiger partial charge on any atom is -0.00132 e. The fourth-order valence-corrected chi connectivity index (χ4v) is 3.97. The van der Waals surface area contributed by atoms with Crippen LogP contribution in [0.3, 0.4) is 0 Å². The van der Waals surface area contributed by atoms with E-state index < -0.39 is 0 Å². The fourth-order valence-electron chi connectivity index (χ4n) is 3.97. The Morgan fingerprint density at radius 3 is 2.35 bits per heavy atom. The molecule has 0 aromatic heterocycles. The summed E-state index contributed by atoms with van der Waals surface area (Å²) in [5.74, 6) is 0. The third-order valence-corrected chi connectivity index (χ3v) is 4.91. The molecule has 3 aliphatic carbocycles. The van der Waals surface area contributed by atoms with E-state index in [2.05, 4.69) is 49.4 Å². The predicted octanol–water partition coefficient (Wildman–Crippen LogP) is 4.79. The number of benzene rings is 2. The van der Waals surface area contributed by atoms with Crippen LogP contribution in [0.2, 0.25) is 0 Å². The Kier molecular flexibility index (Phi) is 1.88. The van der Waals surface area contributed by atoms with E-state index >= 15 is 0 Å². The smallest absolute Gasteiger partial charge is 0.00132 e. The zero-order valence-electron chi connectivity index (χ0n) is 11.7. The molecule has 0 spiro atoms. The minimum Gasteiger partial charge on any atom is -0.0795 e. The van der Waals surface area contributed by atoms with Gasteiger partial charge >= 0.3 is 0 Å². The second-order valence-corrected chi connectivity index (χ2v) is 6.37. The molecule has 0 bridgehead atoms. The molecule has 0 heteroatoms. The van der Waals surface area contributed by atoms with Gasteiger partial charge in [-0.3, -0.25) is 0 Å². The van der Waals surface area contributed by atoms with Gasteiger partial charge in [0.25, 0.3) is 0 Å². The Balaban J connectivity index is 1.74. The SMILES string of the molecule is CC1=Cc2cc3c(cc2C1)Cc1cc2c(cc1-3)C=CC2. The van der Waals surface area contributed by atoms with E-state index in [1.807, 2.05) is 0 Å². The van der Waals surface area contributed by atoms with Crippen molar-refractivity contribution >= 4 is 12.2 Å². The molecule has 0 aliphatic heterocycles. The molecule has 0 N–H and O–H groups in total. The average molecular weight is 256 g/mol. The van der Waals surface area contributed by atoms with Crippen LogP contribution in [0.5, 0.6) is 0 Å². The maximum absolute atomic E-state index is 2.44. The highest BCUT2D eigenvalue weighted by molar-refractivity contribution is 5.83. The second-order valence-electron chi connectivity index (χ2n) is 6.37. The molecule has 0 amide bonds. The normalized spacial score (nSPS) is 16.8. The molecule has 0 saturated carbocycles. The molecule has 0 nitrogen and oxygen atoms in total. The van der Waals surface area contributed by atoms with E-state index in [9.17, 15) is 0 Å². The number of hydrogen-bond donors (Lipinski definition) is 0. The summed E-state index contributed by atoms with van der Waals surface area (Å²) >= 11 is 0. The molecular weight excluding hydrogens is 240 g/mol. The lowest BCUT2D eigenvalue weighted by Crippen LogP contribution is -1.87. The monoisotopic (exact) mass is 256 g/mol. The summed E-state index contributed by atoms with van der Waals surface area (Å²) in [7, 11) is 0. The van der Waals surface area contributed by atoms with Crippen LogP contribution in [0.15, 0.2) is 35.9 Å². The molecule has 20 heavy (non-hydrogen) atoms. The third kappa shape index (κ3) is 1.31. The van der Waals surface area contributed by atoms with Crippen LogP contribution in [0.1, 0.15) is 40.3 Å². The lowest BCUT2D eigenvalue weighted by molar-refractivity contribution is 1.17. The van der Waals surface area contributed by atoms with Crippen molar-refractivity contribution in [1.82, 2.24) is 0 Å². The van der Waals surface area contributed by atoms with Gasteiger partial charge in [-0.05, 0) is 82.8 Å². The zero-order valence-corrected chi connectivity index (χ0v) is 11.7. The summed E-state index contributed by atoms with van der Waals surface area (Å²) in [5.41, 5.74) is 13.3. The molecule has 2 aromatic rings. The first-order valence-corrected chi connectivity index (χ1v) is 7.43. The minimum atomic E-state index is 1.11. The Hall–Kier alpha value is -2.08. The van der Waals surface area contributed by atoms with Gasteiger partial charge in [-0.1, -0.05) is 35.9 Å². The first-order chi connectivity index (χ1) is 9.78. The summed E-state index contributed by atoms with van der Waals surface area (Å²) in [4.78, 5) is 0. The van der Waals surface area contributed by atoms with E-state index in [-0.39, 0.29) is 0 Å². The van der Waals surface area contributed by atoms with E-state index in [1.165, 1.54) is 50.1 Å². The summed E-state index contributed by atoms with van der Waals surface area (Å²) < 4.78 is 0. The fraction of sp³-hybridized carbons (Fsp3) is 0.200. The molecular formula is C20H16. The van der Waals surface area contributed by atoms with Crippen molar-refractivity contribution in [3.8, 4) is 11.1 Å². The highest BCUT2D eigenvalue weighted by Gasteiger charge is 2.23. The molecule has 0 radical (unpaired) electrons. The first-order valence-electron chi connectivity index (χ1n) is 7.43. The van der Waals surface area contributed by atoms with Gasteiger partial charge in [0.2, 0.25) is 0 Å². The van der Waals surface area contributed by atoms with Crippen LogP contribution in [0, 0.1) is 0 Å². The van der Waals surface area contributed by atoms with Gasteiger partial charge < -0.3 is 0 Å². The van der Waals surface area contributed by atoms with Gasteiger partial charge in [0.1, 0.15) is 0 Å². The molecule has 0 fully saturated rings. The zero-order chi connectivity index (χ0) is 13.3. The highest BCUT2D eigenvalue weighted by Crippen LogP contribution is 2.42. The van der Waals surface area contributed by atoms with Crippen molar-refractivity contribution < 1.29 is 0 Å². The van der Waals surface area contributed by atoms with Crippen LogP contribution in [0.4, 0.5) is 0 Å². The van der Waals surface area contributed by atoms with Crippen LogP contribution < -0.4 is 0 Å². The Morgan fingerprint density at radius 2 is 1.50 bits per heavy atom. The van der Waals surface area contributed by atoms with Crippen molar-refractivity contribution in [3.05, 3.63) is 69.3 Å². The van der Waals surface area contributed by atoms with Crippen molar-refractivity contribution in [1.29, 1.82) is 0 Å². The van der Waals surface area contributed by atoms with Gasteiger partial charge in [0, 0.05) is 0 Å². The van der Waals surface area contributed by atoms with Gasteiger partial charge in [-0.15, -0.1) is 0 Å². The van der Waals surface area contributed by atoms with Gasteiger partial charge in [-0.2, -0.15) is 0 Å². The van der Waals surface area contributed by atoms with Crippen molar-refractivity contribution in [3.63, 3.8) is 0 Å². The van der Waals surface area contributed by atoms with Crippen LogP contribution in [0.25, 0.3) is 23.3 Å². The van der Waals surface area contributed by atoms with Crippen molar-refractivity contribution in [2.24, 2.45) is 0 Å². The van der Waals surface area contributed by atoms with Gasteiger partial charge in [0.15, 0.2) is 0 Å². The van der Waals surface area contributed by atoms with E-state index in [4.69, 9.17) is 0 Å². The number of hydrogen-bond acceptors (Lipinski definition) is 0. The van der Waals surface area contributed by atoms with E-state index in [0.717, 1.165) is 19.3 Å². The quantitative estimate of drug-likeness (QED) is 0.542. The maximum atomic E-state index is 2.44. The minimum absolute atomic E-state index is 1.11. The average Bonchev–Trinajstić information content (AvgIpc) is 3.08. The Bertz CT molecular complexity index is 832. The molecule has 0 atom stereocenters. The largest absolute Gasteiger partial charge is 0.0795 e. The summed E-state index contributed by atoms with van der Waals surface area (Å²) in [6, 6.07) is 9.69. The van der Waals surface area contributed by atoms with Gasteiger partial charge in [0.05, 0.1) is 0 Å². The molecule has 0 saturated heterocycles. The van der Waals surface area contributed by atoms with E-state index in [1.54, 1.807) is 0 Å². The lowest BCUT2D eigenvalue weighted by Gasteiger charge is -2.07. The third-order valence-electron chi connectivity index (χ3n) is 4.91. The number of fused-ring (bicyclic) bond motifs is 5. The van der Waals surface area contributed by atoms with Crippen LogP contribution >= 0.6 is 0 Å². The van der Waals surface area contributed by atoms with Gasteiger partial charge in [-0.25, -0.2) is 0 Å². The van der Waals surface area contributed by atoms with Crippen molar-refractivity contribution in [2.45, 2.75) is 26.2 Å². The summed E-state index contributed by atoms with van der Waals surface area (Å²) in [6.45, 7) is 2.23. The number of rotatable bonds is 0. The van der Waals surface area contributed by atoms with E-state index in [0.29, 0.717) is 0 Å². The van der Waals surface area contributed by atoms with Crippen LogP contribution in [-0.4, -0.2) is 0 Å². The molecule has 2 aromatic carbocycles.